The number of nitrogens with one attached hydrogen (secondary N) is 1. The van der Waals surface area contributed by atoms with Crippen molar-refractivity contribution >= 4 is 44.8 Å². The first kappa shape index (κ1) is 25.4. The van der Waals surface area contributed by atoms with Gasteiger partial charge in [0, 0.05) is 18.3 Å². The Bertz CT molecular complexity index is 1180. The minimum absolute atomic E-state index is 0.0344. The maximum Gasteiger partial charge on any atom is 0.417 e. The highest BCUT2D eigenvalue weighted by Crippen LogP contribution is 2.38. The Morgan fingerprint density at radius 3 is 2.52 bits per heavy atom. The van der Waals surface area contributed by atoms with Gasteiger partial charge in [-0.2, -0.15) is 13.2 Å². The zero-order valence-corrected chi connectivity index (χ0v) is 19.4. The van der Waals surface area contributed by atoms with Crippen molar-refractivity contribution < 1.29 is 35.5 Å². The van der Waals surface area contributed by atoms with Gasteiger partial charge in [0.25, 0.3) is 5.91 Å². The van der Waals surface area contributed by atoms with Crippen LogP contribution in [0.2, 0.25) is 10.0 Å². The summed E-state index contributed by atoms with van der Waals surface area (Å²) in [6.45, 7) is 0.592. The first-order valence-electron chi connectivity index (χ1n) is 9.53. The van der Waals surface area contributed by atoms with E-state index < -0.39 is 44.1 Å². The maximum absolute atomic E-state index is 14.4. The number of amides is 1. The Hall–Kier alpha value is -2.24. The van der Waals surface area contributed by atoms with Crippen LogP contribution in [0.4, 0.5) is 23.2 Å². The predicted octanol–water partition coefficient (Wildman–Crippen LogP) is 4.89. The van der Waals surface area contributed by atoms with Crippen molar-refractivity contribution in [2.24, 2.45) is 0 Å². The van der Waals surface area contributed by atoms with Gasteiger partial charge in [-0.3, -0.25) is 4.79 Å². The van der Waals surface area contributed by atoms with Crippen molar-refractivity contribution in [2.45, 2.75) is 25.1 Å². The molecule has 2 aromatic rings. The molecule has 180 valence electrons. The molecule has 0 unspecified atom stereocenters. The number of carbonyl (C=O) groups is 1. The Balaban J connectivity index is 1.73. The van der Waals surface area contributed by atoms with Crippen LogP contribution in [-0.4, -0.2) is 39.8 Å². The lowest BCUT2D eigenvalue weighted by molar-refractivity contribution is -0.137. The summed E-state index contributed by atoms with van der Waals surface area (Å²) in [4.78, 5) is 13.7. The second-order valence-electron chi connectivity index (χ2n) is 7.43. The van der Waals surface area contributed by atoms with Crippen molar-refractivity contribution in [2.75, 3.05) is 24.3 Å². The van der Waals surface area contributed by atoms with Gasteiger partial charge in [-0.05, 0) is 37.1 Å². The Morgan fingerprint density at radius 2 is 1.91 bits per heavy atom. The Kier molecular flexibility index (Phi) is 7.35. The predicted molar refractivity (Wildman–Crippen MR) is 116 cm³/mol. The number of alkyl halides is 3. The number of hydrogen-bond acceptors (Lipinski definition) is 5. The average Bonchev–Trinajstić information content (AvgIpc) is 3.14. The molecule has 13 heteroatoms. The largest absolute Gasteiger partial charge is 0.490 e. The van der Waals surface area contributed by atoms with Gasteiger partial charge in [-0.1, -0.05) is 23.2 Å². The number of rotatable bonds is 6. The van der Waals surface area contributed by atoms with Gasteiger partial charge >= 0.3 is 6.18 Å². The molecule has 1 saturated heterocycles. The number of halogens is 6. The van der Waals surface area contributed by atoms with E-state index in [1.165, 1.54) is 12.1 Å². The van der Waals surface area contributed by atoms with Crippen molar-refractivity contribution in [3.63, 3.8) is 0 Å². The third-order valence-electron chi connectivity index (χ3n) is 4.94. The van der Waals surface area contributed by atoms with Gasteiger partial charge in [0.1, 0.15) is 18.2 Å². The molecule has 2 aromatic carbocycles. The van der Waals surface area contributed by atoms with Gasteiger partial charge in [0.2, 0.25) is 10.0 Å². The second-order valence-corrected chi connectivity index (χ2v) is 9.99. The standard InChI is InChI=1S/C20H18Cl2F4N2O4S/c1-33(30,31)27-19(29)13-8-16(22)18(9-17(13)23)32-10-12-3-2-6-28(12)11-4-5-14(15(21)7-11)20(24,25)26/h4-5,7-9,12H,2-3,6,10H2,1H3,(H,27,29)/t12-/m1/s1. The number of ether oxygens (including phenoxy) is 1. The summed E-state index contributed by atoms with van der Waals surface area (Å²) in [5.74, 6) is -2.28. The maximum atomic E-state index is 14.4. The van der Waals surface area contributed by atoms with Crippen LogP contribution in [0.1, 0.15) is 28.8 Å². The molecule has 1 aliphatic heterocycles. The first-order chi connectivity index (χ1) is 15.3. The molecule has 33 heavy (non-hydrogen) atoms. The van der Waals surface area contributed by atoms with E-state index in [0.29, 0.717) is 18.7 Å². The highest BCUT2D eigenvalue weighted by molar-refractivity contribution is 7.89. The summed E-state index contributed by atoms with van der Waals surface area (Å²) in [6, 6.07) is 5.06. The smallest absolute Gasteiger partial charge is 0.417 e. The van der Waals surface area contributed by atoms with Crippen molar-refractivity contribution in [1.29, 1.82) is 0 Å². The number of benzene rings is 2. The number of nitrogens with zero attached hydrogens (tertiary/aromatic N) is 1. The Morgan fingerprint density at radius 1 is 1.21 bits per heavy atom. The molecule has 1 heterocycles. The first-order valence-corrected chi connectivity index (χ1v) is 12.2. The summed E-state index contributed by atoms with van der Waals surface area (Å²) >= 11 is 11.9. The lowest BCUT2D eigenvalue weighted by Crippen LogP contribution is -2.34. The van der Waals surface area contributed by atoms with Gasteiger partial charge < -0.3 is 9.64 Å². The fraction of sp³-hybridized carbons (Fsp3) is 0.350. The molecule has 1 atom stereocenters. The third kappa shape index (κ3) is 6.21. The lowest BCUT2D eigenvalue weighted by atomic mass is 10.1. The van der Waals surface area contributed by atoms with Crippen LogP contribution in [0.5, 0.6) is 5.75 Å². The molecule has 0 spiro atoms. The summed E-state index contributed by atoms with van der Waals surface area (Å²) in [6.07, 6.45) is -2.40. The summed E-state index contributed by atoms with van der Waals surface area (Å²) < 4.78 is 82.9. The van der Waals surface area contributed by atoms with E-state index >= 15 is 0 Å². The minimum Gasteiger partial charge on any atom is -0.490 e. The minimum atomic E-state index is -4.56. The molecular formula is C20H18Cl2F4N2O4S. The quantitative estimate of drug-likeness (QED) is 0.540. The molecule has 6 nitrogen and oxygen atoms in total. The van der Waals surface area contributed by atoms with E-state index in [-0.39, 0.29) is 23.4 Å². The molecule has 0 saturated carbocycles. The van der Waals surface area contributed by atoms with E-state index in [0.717, 1.165) is 30.9 Å². The molecule has 1 aliphatic rings. The van der Waals surface area contributed by atoms with E-state index in [1.54, 1.807) is 4.72 Å². The van der Waals surface area contributed by atoms with E-state index in [9.17, 15) is 30.8 Å². The fourth-order valence-corrected chi connectivity index (χ4v) is 4.43. The van der Waals surface area contributed by atoms with Crippen molar-refractivity contribution in [3.8, 4) is 5.75 Å². The SMILES string of the molecule is CS(=O)(=O)NC(=O)c1cc(Cl)c(OC[C@H]2CCCN2c2ccc(C(F)(F)F)c(Cl)c2)cc1F. The molecule has 1 fully saturated rings. The fourth-order valence-electron chi connectivity index (χ4n) is 3.48. The van der Waals surface area contributed by atoms with Gasteiger partial charge in [0.05, 0.1) is 33.5 Å². The van der Waals surface area contributed by atoms with Crippen LogP contribution in [0.15, 0.2) is 30.3 Å². The molecule has 0 bridgehead atoms. The van der Waals surface area contributed by atoms with Gasteiger partial charge in [-0.15, -0.1) is 0 Å². The zero-order valence-electron chi connectivity index (χ0n) is 17.0. The second kappa shape index (κ2) is 9.55. The average molecular weight is 529 g/mol. The molecule has 1 N–H and O–H groups in total. The van der Waals surface area contributed by atoms with Gasteiger partial charge in [-0.25, -0.2) is 17.5 Å². The number of sulfonamides is 1. The summed E-state index contributed by atoms with van der Waals surface area (Å²) in [7, 11) is -3.90. The molecule has 0 radical (unpaired) electrons. The lowest BCUT2D eigenvalue weighted by Gasteiger charge is -2.27. The van der Waals surface area contributed by atoms with Crippen LogP contribution in [0, 0.1) is 5.82 Å². The number of hydrogen-bond donors (Lipinski definition) is 1. The zero-order chi connectivity index (χ0) is 24.6. The third-order valence-corrected chi connectivity index (χ3v) is 6.11. The number of anilines is 1. The van der Waals surface area contributed by atoms with Crippen molar-refractivity contribution in [3.05, 3.63) is 57.3 Å². The van der Waals surface area contributed by atoms with Crippen molar-refractivity contribution in [1.82, 2.24) is 4.72 Å². The molecule has 0 aromatic heterocycles. The Labute approximate surface area is 197 Å². The highest BCUT2D eigenvalue weighted by atomic mass is 35.5. The summed E-state index contributed by atoms with van der Waals surface area (Å²) in [5.41, 5.74) is -1.01. The van der Waals surface area contributed by atoms with E-state index in [2.05, 4.69) is 0 Å². The topological polar surface area (TPSA) is 75.7 Å². The van der Waals surface area contributed by atoms with Crippen LogP contribution in [0.25, 0.3) is 0 Å². The molecule has 0 aliphatic carbocycles. The normalized spacial score (nSPS) is 16.7. The highest BCUT2D eigenvalue weighted by Gasteiger charge is 2.34. The van der Waals surface area contributed by atoms with E-state index in [4.69, 9.17) is 27.9 Å². The van der Waals surface area contributed by atoms with Crippen LogP contribution < -0.4 is 14.4 Å². The molecular weight excluding hydrogens is 511 g/mol. The number of carbonyl (C=O) groups excluding carboxylic acids is 1. The van der Waals surface area contributed by atoms with Crippen LogP contribution in [0.3, 0.4) is 0 Å². The van der Waals surface area contributed by atoms with Crippen LogP contribution in [-0.2, 0) is 16.2 Å². The molecule has 3 rings (SSSR count). The van der Waals surface area contributed by atoms with E-state index in [1.807, 2.05) is 4.90 Å². The summed E-state index contributed by atoms with van der Waals surface area (Å²) in [5, 5.41) is -0.531. The monoisotopic (exact) mass is 528 g/mol. The molecule has 1 amide bonds. The van der Waals surface area contributed by atoms with Gasteiger partial charge in [0.15, 0.2) is 0 Å². The van der Waals surface area contributed by atoms with Crippen LogP contribution >= 0.6 is 23.2 Å².